The fraction of sp³-hybridized carbons (Fsp3) is 0.417. The predicted octanol–water partition coefficient (Wildman–Crippen LogP) is 1.92. The molecule has 2 aromatic rings. The highest BCUT2D eigenvalue weighted by atomic mass is 16.5. The summed E-state index contributed by atoms with van der Waals surface area (Å²) in [6.07, 6.45) is 2.90. The van der Waals surface area contributed by atoms with Crippen molar-refractivity contribution in [2.75, 3.05) is 6.61 Å². The highest BCUT2D eigenvalue weighted by molar-refractivity contribution is 5.85. The van der Waals surface area contributed by atoms with Crippen molar-refractivity contribution in [2.45, 2.75) is 25.2 Å². The van der Waals surface area contributed by atoms with E-state index in [4.69, 9.17) is 13.7 Å². The van der Waals surface area contributed by atoms with Gasteiger partial charge in [0.25, 0.3) is 0 Å². The molecule has 0 atom stereocenters. The maximum atomic E-state index is 11.9. The fourth-order valence-corrected chi connectivity index (χ4v) is 1.82. The van der Waals surface area contributed by atoms with Crippen molar-refractivity contribution in [3.8, 4) is 11.6 Å². The zero-order chi connectivity index (χ0) is 12.6. The normalized spacial score (nSPS) is 16.5. The van der Waals surface area contributed by atoms with E-state index in [0.29, 0.717) is 36.9 Å². The van der Waals surface area contributed by atoms with Crippen LogP contribution in [0.15, 0.2) is 27.3 Å². The third-order valence-electron chi connectivity index (χ3n) is 2.99. The lowest BCUT2D eigenvalue weighted by molar-refractivity contribution is -0.146. The molecule has 0 saturated heterocycles. The number of hydrogen-bond donors (Lipinski definition) is 0. The van der Waals surface area contributed by atoms with Crippen molar-refractivity contribution >= 4 is 5.97 Å². The Kier molecular flexibility index (Phi) is 2.43. The van der Waals surface area contributed by atoms with Crippen LogP contribution in [0.1, 0.15) is 25.7 Å². The summed E-state index contributed by atoms with van der Waals surface area (Å²) in [4.78, 5) is 16.1. The monoisotopic (exact) mass is 248 g/mol. The van der Waals surface area contributed by atoms with Gasteiger partial charge in [0.15, 0.2) is 5.76 Å². The van der Waals surface area contributed by atoms with Crippen molar-refractivity contribution in [1.82, 2.24) is 10.1 Å². The number of esters is 1. The minimum Gasteiger partial charge on any atom is -0.465 e. The van der Waals surface area contributed by atoms with Crippen LogP contribution in [0, 0.1) is 0 Å². The van der Waals surface area contributed by atoms with Crippen molar-refractivity contribution in [2.24, 2.45) is 0 Å². The Morgan fingerprint density at radius 1 is 1.56 bits per heavy atom. The second kappa shape index (κ2) is 3.97. The first kappa shape index (κ1) is 11.0. The molecule has 6 heteroatoms. The van der Waals surface area contributed by atoms with E-state index in [1.54, 1.807) is 19.1 Å². The average Bonchev–Trinajstić information content (AvgIpc) is 2.83. The second-order valence-electron chi connectivity index (χ2n) is 4.20. The molecule has 1 aliphatic rings. The topological polar surface area (TPSA) is 78.4 Å². The predicted molar refractivity (Wildman–Crippen MR) is 59.5 cm³/mol. The van der Waals surface area contributed by atoms with E-state index in [-0.39, 0.29) is 5.97 Å². The van der Waals surface area contributed by atoms with Crippen LogP contribution >= 0.6 is 0 Å². The Labute approximate surface area is 103 Å². The first-order valence-corrected chi connectivity index (χ1v) is 5.81. The standard InChI is InChI=1S/C12H12N2O4/c1-2-16-11(15)12(5-6-12)10-13-9(14-18-10)8-4-3-7-17-8/h3-4,7H,2,5-6H2,1H3. The molecule has 6 nitrogen and oxygen atoms in total. The zero-order valence-electron chi connectivity index (χ0n) is 9.88. The Bertz CT molecular complexity index is 554. The van der Waals surface area contributed by atoms with E-state index < -0.39 is 5.41 Å². The molecule has 0 N–H and O–H groups in total. The summed E-state index contributed by atoms with van der Waals surface area (Å²) in [5, 5.41) is 3.82. The van der Waals surface area contributed by atoms with Crippen LogP contribution in [0.2, 0.25) is 0 Å². The number of carbonyl (C=O) groups is 1. The van der Waals surface area contributed by atoms with Crippen LogP contribution in [-0.4, -0.2) is 22.7 Å². The average molecular weight is 248 g/mol. The SMILES string of the molecule is CCOC(=O)C1(c2nc(-c3ccco3)no2)CC1. The molecule has 0 radical (unpaired) electrons. The Morgan fingerprint density at radius 2 is 2.39 bits per heavy atom. The lowest BCUT2D eigenvalue weighted by Crippen LogP contribution is -2.23. The van der Waals surface area contributed by atoms with E-state index in [1.165, 1.54) is 6.26 Å². The largest absolute Gasteiger partial charge is 0.465 e. The molecule has 1 fully saturated rings. The number of carbonyl (C=O) groups excluding carboxylic acids is 1. The Balaban J connectivity index is 1.88. The second-order valence-corrected chi connectivity index (χ2v) is 4.20. The van der Waals surface area contributed by atoms with Crippen LogP contribution in [0.4, 0.5) is 0 Å². The summed E-state index contributed by atoms with van der Waals surface area (Å²) in [6.45, 7) is 2.12. The van der Waals surface area contributed by atoms with Crippen molar-refractivity contribution in [3.63, 3.8) is 0 Å². The van der Waals surface area contributed by atoms with Crippen LogP contribution in [0.5, 0.6) is 0 Å². The molecule has 0 aliphatic heterocycles. The van der Waals surface area contributed by atoms with Gasteiger partial charge in [0, 0.05) is 0 Å². The lowest BCUT2D eigenvalue weighted by Gasteiger charge is -2.07. The summed E-state index contributed by atoms with van der Waals surface area (Å²) < 4.78 is 15.4. The number of hydrogen-bond acceptors (Lipinski definition) is 6. The minimum absolute atomic E-state index is 0.292. The minimum atomic E-state index is -0.728. The molecular formula is C12H12N2O4. The summed E-state index contributed by atoms with van der Waals surface area (Å²) in [7, 11) is 0. The van der Waals surface area contributed by atoms with Gasteiger partial charge in [0.05, 0.1) is 12.9 Å². The summed E-state index contributed by atoms with van der Waals surface area (Å²) in [5.41, 5.74) is -0.728. The van der Waals surface area contributed by atoms with Gasteiger partial charge in [-0.05, 0) is 31.9 Å². The maximum Gasteiger partial charge on any atom is 0.321 e. The van der Waals surface area contributed by atoms with Crippen LogP contribution in [-0.2, 0) is 14.9 Å². The summed E-state index contributed by atoms with van der Waals surface area (Å²) in [6, 6.07) is 3.47. The van der Waals surface area contributed by atoms with Gasteiger partial charge in [-0.2, -0.15) is 4.98 Å². The molecule has 3 rings (SSSR count). The summed E-state index contributed by atoms with van der Waals surface area (Å²) in [5.74, 6) is 0.891. The fourth-order valence-electron chi connectivity index (χ4n) is 1.82. The van der Waals surface area contributed by atoms with Crippen LogP contribution in [0.3, 0.4) is 0 Å². The van der Waals surface area contributed by atoms with Crippen LogP contribution in [0.25, 0.3) is 11.6 Å². The maximum absolute atomic E-state index is 11.9. The van der Waals surface area contributed by atoms with Crippen LogP contribution < -0.4 is 0 Å². The molecular weight excluding hydrogens is 236 g/mol. The molecule has 2 aromatic heterocycles. The number of furan rings is 1. The highest BCUT2D eigenvalue weighted by Crippen LogP contribution is 2.48. The van der Waals surface area contributed by atoms with E-state index >= 15 is 0 Å². The lowest BCUT2D eigenvalue weighted by atomic mass is 10.1. The number of aromatic nitrogens is 2. The number of nitrogens with zero attached hydrogens (tertiary/aromatic N) is 2. The molecule has 0 bridgehead atoms. The van der Waals surface area contributed by atoms with E-state index in [0.717, 1.165) is 0 Å². The zero-order valence-corrected chi connectivity index (χ0v) is 9.88. The van der Waals surface area contributed by atoms with Gasteiger partial charge in [0.2, 0.25) is 11.7 Å². The number of rotatable bonds is 4. The first-order chi connectivity index (χ1) is 8.76. The molecule has 0 aromatic carbocycles. The van der Waals surface area contributed by atoms with Crippen molar-refractivity contribution in [1.29, 1.82) is 0 Å². The van der Waals surface area contributed by atoms with E-state index in [9.17, 15) is 4.79 Å². The third kappa shape index (κ3) is 1.61. The Hall–Kier alpha value is -2.11. The molecule has 2 heterocycles. The first-order valence-electron chi connectivity index (χ1n) is 5.81. The van der Waals surface area contributed by atoms with Gasteiger partial charge < -0.3 is 13.7 Å². The molecule has 1 aliphatic carbocycles. The van der Waals surface area contributed by atoms with Gasteiger partial charge in [-0.1, -0.05) is 5.16 Å². The Morgan fingerprint density at radius 3 is 3.00 bits per heavy atom. The molecule has 0 amide bonds. The molecule has 0 unspecified atom stereocenters. The van der Waals surface area contributed by atoms with Gasteiger partial charge in [-0.25, -0.2) is 0 Å². The molecule has 1 saturated carbocycles. The third-order valence-corrected chi connectivity index (χ3v) is 2.99. The van der Waals surface area contributed by atoms with Gasteiger partial charge >= 0.3 is 5.97 Å². The summed E-state index contributed by atoms with van der Waals surface area (Å²) >= 11 is 0. The van der Waals surface area contributed by atoms with E-state index in [1.807, 2.05) is 0 Å². The molecule has 0 spiro atoms. The van der Waals surface area contributed by atoms with Gasteiger partial charge in [0.1, 0.15) is 5.41 Å². The van der Waals surface area contributed by atoms with Gasteiger partial charge in [-0.3, -0.25) is 4.79 Å². The smallest absolute Gasteiger partial charge is 0.321 e. The highest BCUT2D eigenvalue weighted by Gasteiger charge is 2.57. The van der Waals surface area contributed by atoms with E-state index in [2.05, 4.69) is 10.1 Å². The number of ether oxygens (including phenoxy) is 1. The quantitative estimate of drug-likeness (QED) is 0.769. The van der Waals surface area contributed by atoms with Crippen molar-refractivity contribution in [3.05, 3.63) is 24.3 Å². The van der Waals surface area contributed by atoms with Gasteiger partial charge in [-0.15, -0.1) is 0 Å². The van der Waals surface area contributed by atoms with Crippen molar-refractivity contribution < 1.29 is 18.5 Å². The molecule has 94 valence electrons. The molecule has 18 heavy (non-hydrogen) atoms.